The predicted molar refractivity (Wildman–Crippen MR) is 86.3 cm³/mol. The lowest BCUT2D eigenvalue weighted by Crippen LogP contribution is -2.04. The Kier molecular flexibility index (Phi) is 7.88. The van der Waals surface area contributed by atoms with Crippen molar-refractivity contribution >= 4 is 5.78 Å². The third-order valence-electron chi connectivity index (χ3n) is 3.78. The number of methoxy groups -OCH3 is 1. The molecule has 0 aliphatic heterocycles. The van der Waals surface area contributed by atoms with Gasteiger partial charge in [-0.2, -0.15) is 0 Å². The zero-order valence-corrected chi connectivity index (χ0v) is 13.8. The molecule has 0 radical (unpaired) electrons. The highest BCUT2D eigenvalue weighted by Crippen LogP contribution is 2.34. The number of carbonyl (C=O) groups is 1. The Morgan fingerprint density at radius 3 is 2.52 bits per heavy atom. The largest absolute Gasteiger partial charge is 0.493 e. The van der Waals surface area contributed by atoms with E-state index in [9.17, 15) is 4.79 Å². The Hall–Kier alpha value is -1.51. The van der Waals surface area contributed by atoms with Crippen LogP contribution in [-0.4, -0.2) is 19.5 Å². The summed E-state index contributed by atoms with van der Waals surface area (Å²) in [5, 5.41) is 0. The minimum atomic E-state index is 0.336. The summed E-state index contributed by atoms with van der Waals surface area (Å²) in [6, 6.07) is 6.13. The van der Waals surface area contributed by atoms with Crippen LogP contribution in [0.4, 0.5) is 0 Å². The van der Waals surface area contributed by atoms with Gasteiger partial charge in [0.05, 0.1) is 13.7 Å². The van der Waals surface area contributed by atoms with Crippen LogP contribution in [0.3, 0.4) is 0 Å². The van der Waals surface area contributed by atoms with Crippen molar-refractivity contribution in [1.29, 1.82) is 0 Å². The SMILES string of the molecule is CCCOc1ccc(C(CC)CCC(=O)CC)cc1OC. The molecular formula is C18H28O3. The van der Waals surface area contributed by atoms with Crippen LogP contribution in [-0.2, 0) is 4.79 Å². The Balaban J connectivity index is 2.82. The molecule has 3 nitrogen and oxygen atoms in total. The van der Waals surface area contributed by atoms with E-state index in [2.05, 4.69) is 26.0 Å². The summed E-state index contributed by atoms with van der Waals surface area (Å²) in [6.45, 7) is 6.86. The molecule has 0 fully saturated rings. The molecule has 0 aromatic heterocycles. The molecule has 1 atom stereocenters. The fraction of sp³-hybridized carbons (Fsp3) is 0.611. The maximum Gasteiger partial charge on any atom is 0.161 e. The Bertz CT molecular complexity index is 440. The highest BCUT2D eigenvalue weighted by atomic mass is 16.5. The molecule has 3 heteroatoms. The molecule has 21 heavy (non-hydrogen) atoms. The van der Waals surface area contributed by atoms with Gasteiger partial charge in [0.15, 0.2) is 11.5 Å². The number of ether oxygens (including phenoxy) is 2. The van der Waals surface area contributed by atoms with Crippen LogP contribution in [0.2, 0.25) is 0 Å². The summed E-state index contributed by atoms with van der Waals surface area (Å²) in [6.07, 6.45) is 4.19. The first kappa shape index (κ1) is 17.5. The van der Waals surface area contributed by atoms with Crippen molar-refractivity contribution in [3.8, 4) is 11.5 Å². The van der Waals surface area contributed by atoms with Crippen molar-refractivity contribution in [3.63, 3.8) is 0 Å². The molecule has 0 N–H and O–H groups in total. The minimum absolute atomic E-state index is 0.336. The molecule has 0 amide bonds. The van der Waals surface area contributed by atoms with Gasteiger partial charge in [-0.25, -0.2) is 0 Å². The standard InChI is InChI=1S/C18H28O3/c1-5-12-21-17-11-9-15(13-18(17)20-4)14(6-2)8-10-16(19)7-3/h9,11,13-14H,5-8,10,12H2,1-4H3. The van der Waals surface area contributed by atoms with Gasteiger partial charge in [0.1, 0.15) is 5.78 Å². The molecule has 1 rings (SSSR count). The average Bonchev–Trinajstić information content (AvgIpc) is 2.53. The molecule has 0 saturated carbocycles. The fourth-order valence-corrected chi connectivity index (χ4v) is 2.39. The van der Waals surface area contributed by atoms with Crippen molar-refractivity contribution in [2.75, 3.05) is 13.7 Å². The summed E-state index contributed by atoms with van der Waals surface area (Å²) >= 11 is 0. The lowest BCUT2D eigenvalue weighted by molar-refractivity contribution is -0.118. The second-order valence-corrected chi connectivity index (χ2v) is 5.29. The van der Waals surface area contributed by atoms with Crippen molar-refractivity contribution in [2.24, 2.45) is 0 Å². The van der Waals surface area contributed by atoms with E-state index in [0.717, 1.165) is 30.8 Å². The number of hydrogen-bond acceptors (Lipinski definition) is 3. The Morgan fingerprint density at radius 1 is 1.19 bits per heavy atom. The van der Waals surface area contributed by atoms with Crippen LogP contribution in [0.25, 0.3) is 0 Å². The molecule has 118 valence electrons. The van der Waals surface area contributed by atoms with Crippen molar-refractivity contribution in [1.82, 2.24) is 0 Å². The topological polar surface area (TPSA) is 35.5 Å². The normalized spacial score (nSPS) is 12.0. The molecule has 0 saturated heterocycles. The number of hydrogen-bond donors (Lipinski definition) is 0. The zero-order chi connectivity index (χ0) is 15.7. The van der Waals surface area contributed by atoms with E-state index in [1.165, 1.54) is 5.56 Å². The first-order chi connectivity index (χ1) is 10.2. The second kappa shape index (κ2) is 9.43. The van der Waals surface area contributed by atoms with Crippen LogP contribution in [0.5, 0.6) is 11.5 Å². The number of Topliss-reactive ketones (excluding diaryl/α,β-unsaturated/α-hetero) is 1. The van der Waals surface area contributed by atoms with Gasteiger partial charge in [-0.1, -0.05) is 26.8 Å². The number of benzene rings is 1. The van der Waals surface area contributed by atoms with Crippen LogP contribution in [0.15, 0.2) is 18.2 Å². The van der Waals surface area contributed by atoms with Gasteiger partial charge in [-0.3, -0.25) is 4.79 Å². The van der Waals surface area contributed by atoms with Gasteiger partial charge in [0, 0.05) is 12.8 Å². The summed E-state index contributed by atoms with van der Waals surface area (Å²) in [5.74, 6) is 2.31. The Morgan fingerprint density at radius 2 is 1.95 bits per heavy atom. The van der Waals surface area contributed by atoms with Gasteiger partial charge in [0.25, 0.3) is 0 Å². The maximum absolute atomic E-state index is 11.5. The summed E-state index contributed by atoms with van der Waals surface area (Å²) in [4.78, 5) is 11.5. The first-order valence-electron chi connectivity index (χ1n) is 7.98. The third kappa shape index (κ3) is 5.41. The quantitative estimate of drug-likeness (QED) is 0.625. The molecular weight excluding hydrogens is 264 g/mol. The molecule has 0 aliphatic carbocycles. The summed E-state index contributed by atoms with van der Waals surface area (Å²) < 4.78 is 11.1. The van der Waals surface area contributed by atoms with Gasteiger partial charge in [0.2, 0.25) is 0 Å². The third-order valence-corrected chi connectivity index (χ3v) is 3.78. The van der Waals surface area contributed by atoms with E-state index < -0.39 is 0 Å². The summed E-state index contributed by atoms with van der Waals surface area (Å²) in [7, 11) is 1.67. The fourth-order valence-electron chi connectivity index (χ4n) is 2.39. The monoisotopic (exact) mass is 292 g/mol. The molecule has 0 bridgehead atoms. The summed E-state index contributed by atoms with van der Waals surface area (Å²) in [5.41, 5.74) is 1.22. The Labute approximate surface area is 128 Å². The lowest BCUT2D eigenvalue weighted by atomic mass is 9.90. The maximum atomic E-state index is 11.5. The van der Waals surface area contributed by atoms with E-state index in [-0.39, 0.29) is 0 Å². The zero-order valence-electron chi connectivity index (χ0n) is 13.8. The van der Waals surface area contributed by atoms with E-state index >= 15 is 0 Å². The number of carbonyl (C=O) groups excluding carboxylic acids is 1. The lowest BCUT2D eigenvalue weighted by Gasteiger charge is -2.17. The van der Waals surface area contributed by atoms with Crippen molar-refractivity contribution in [2.45, 2.75) is 58.8 Å². The minimum Gasteiger partial charge on any atom is -0.493 e. The average molecular weight is 292 g/mol. The van der Waals surface area contributed by atoms with E-state index in [1.807, 2.05) is 13.0 Å². The molecule has 0 aliphatic rings. The molecule has 0 heterocycles. The smallest absolute Gasteiger partial charge is 0.161 e. The van der Waals surface area contributed by atoms with Crippen LogP contribution >= 0.6 is 0 Å². The highest BCUT2D eigenvalue weighted by molar-refractivity contribution is 5.78. The van der Waals surface area contributed by atoms with Gasteiger partial charge >= 0.3 is 0 Å². The van der Waals surface area contributed by atoms with Gasteiger partial charge in [-0.15, -0.1) is 0 Å². The van der Waals surface area contributed by atoms with E-state index in [1.54, 1.807) is 7.11 Å². The molecule has 1 aromatic rings. The second-order valence-electron chi connectivity index (χ2n) is 5.29. The highest BCUT2D eigenvalue weighted by Gasteiger charge is 2.14. The molecule has 1 aromatic carbocycles. The van der Waals surface area contributed by atoms with E-state index in [4.69, 9.17) is 9.47 Å². The molecule has 1 unspecified atom stereocenters. The van der Waals surface area contributed by atoms with Gasteiger partial charge in [-0.05, 0) is 42.9 Å². The number of ketones is 1. The van der Waals surface area contributed by atoms with E-state index in [0.29, 0.717) is 31.1 Å². The van der Waals surface area contributed by atoms with Crippen LogP contribution in [0, 0.1) is 0 Å². The first-order valence-corrected chi connectivity index (χ1v) is 7.98. The molecule has 0 spiro atoms. The van der Waals surface area contributed by atoms with Gasteiger partial charge < -0.3 is 9.47 Å². The number of rotatable bonds is 10. The van der Waals surface area contributed by atoms with Crippen molar-refractivity contribution < 1.29 is 14.3 Å². The van der Waals surface area contributed by atoms with Crippen LogP contribution in [0.1, 0.15) is 64.4 Å². The van der Waals surface area contributed by atoms with Crippen molar-refractivity contribution in [3.05, 3.63) is 23.8 Å². The predicted octanol–water partition coefficient (Wildman–Crippen LogP) is 4.74. The van der Waals surface area contributed by atoms with Crippen LogP contribution < -0.4 is 9.47 Å².